The van der Waals surface area contributed by atoms with Crippen molar-refractivity contribution in [3.63, 3.8) is 0 Å². The Balaban J connectivity index is 1.43. The molecule has 1 aliphatic heterocycles. The summed E-state index contributed by atoms with van der Waals surface area (Å²) >= 11 is 0. The number of fused-ring (bicyclic) bond motifs is 1. The smallest absolute Gasteiger partial charge is 0.254 e. The molecule has 0 spiro atoms. The van der Waals surface area contributed by atoms with E-state index in [2.05, 4.69) is 20.9 Å². The van der Waals surface area contributed by atoms with Gasteiger partial charge < -0.3 is 14.6 Å². The number of imidazole rings is 1. The van der Waals surface area contributed by atoms with Gasteiger partial charge in [0.1, 0.15) is 11.6 Å². The van der Waals surface area contributed by atoms with Crippen LogP contribution in [-0.2, 0) is 17.7 Å². The summed E-state index contributed by atoms with van der Waals surface area (Å²) in [5.41, 5.74) is 2.11. The van der Waals surface area contributed by atoms with Crippen LogP contribution in [0, 0.1) is 5.82 Å². The van der Waals surface area contributed by atoms with Gasteiger partial charge in [0.05, 0.1) is 29.8 Å². The zero-order valence-corrected chi connectivity index (χ0v) is 16.3. The molecule has 0 saturated carbocycles. The number of halogens is 1. The normalized spacial score (nSPS) is 14.9. The molecule has 7 heteroatoms. The van der Waals surface area contributed by atoms with Crippen LogP contribution >= 0.6 is 0 Å². The number of amides is 1. The second-order valence-electron chi connectivity index (χ2n) is 7.11. The van der Waals surface area contributed by atoms with E-state index in [-0.39, 0.29) is 5.56 Å². The zero-order chi connectivity index (χ0) is 20.1. The molecule has 6 nitrogen and oxygen atoms in total. The first kappa shape index (κ1) is 19.5. The van der Waals surface area contributed by atoms with E-state index >= 15 is 0 Å². The summed E-state index contributed by atoms with van der Waals surface area (Å²) in [6, 6.07) is 14.1. The molecule has 0 radical (unpaired) electrons. The minimum Gasteiger partial charge on any atom is -0.379 e. The first-order valence-electron chi connectivity index (χ1n) is 9.99. The molecule has 0 atom stereocenters. The molecule has 1 N–H and O–H groups in total. The fraction of sp³-hybridized carbons (Fsp3) is 0.364. The third-order valence-electron chi connectivity index (χ3n) is 5.23. The number of hydrogen-bond donors (Lipinski definition) is 1. The monoisotopic (exact) mass is 396 g/mol. The Morgan fingerprint density at radius 2 is 1.83 bits per heavy atom. The van der Waals surface area contributed by atoms with Crippen LogP contribution in [0.3, 0.4) is 0 Å². The van der Waals surface area contributed by atoms with Gasteiger partial charge in [-0.05, 0) is 24.3 Å². The third kappa shape index (κ3) is 4.63. The standard InChI is InChI=1S/C22H25FN4O2/c23-18-6-2-1-5-17(18)22(28)24-10-9-21-25-19-7-3-4-8-20(19)27(21)12-11-26-13-15-29-16-14-26/h1-8H,9-16H2,(H,24,28). The van der Waals surface area contributed by atoms with Gasteiger partial charge in [-0.15, -0.1) is 0 Å². The number of ether oxygens (including phenoxy) is 1. The van der Waals surface area contributed by atoms with Gasteiger partial charge in [-0.1, -0.05) is 24.3 Å². The molecule has 1 aliphatic rings. The van der Waals surface area contributed by atoms with E-state index in [1.165, 1.54) is 12.1 Å². The number of nitrogens with zero attached hydrogens (tertiary/aromatic N) is 3. The summed E-state index contributed by atoms with van der Waals surface area (Å²) in [4.78, 5) is 19.4. The lowest BCUT2D eigenvalue weighted by Gasteiger charge is -2.27. The van der Waals surface area contributed by atoms with Gasteiger partial charge in [0.15, 0.2) is 0 Å². The Hall–Kier alpha value is -2.77. The van der Waals surface area contributed by atoms with Crippen LogP contribution in [0.5, 0.6) is 0 Å². The predicted octanol–water partition coefficient (Wildman–Crippen LogP) is 2.48. The Labute approximate surface area is 169 Å². The maximum atomic E-state index is 13.8. The molecule has 4 rings (SSSR count). The molecule has 1 fully saturated rings. The van der Waals surface area contributed by atoms with E-state index in [1.54, 1.807) is 12.1 Å². The van der Waals surface area contributed by atoms with Gasteiger partial charge in [0, 0.05) is 39.1 Å². The second kappa shape index (κ2) is 9.15. The Morgan fingerprint density at radius 1 is 1.07 bits per heavy atom. The molecular formula is C22H25FN4O2. The predicted molar refractivity (Wildman–Crippen MR) is 109 cm³/mol. The van der Waals surface area contributed by atoms with Crippen LogP contribution in [0.4, 0.5) is 4.39 Å². The van der Waals surface area contributed by atoms with Crippen molar-refractivity contribution in [1.82, 2.24) is 19.8 Å². The molecule has 152 valence electrons. The molecule has 0 aliphatic carbocycles. The maximum absolute atomic E-state index is 13.8. The van der Waals surface area contributed by atoms with Gasteiger partial charge in [-0.25, -0.2) is 9.37 Å². The number of rotatable bonds is 7. The summed E-state index contributed by atoms with van der Waals surface area (Å²) in [7, 11) is 0. The van der Waals surface area contributed by atoms with Crippen LogP contribution < -0.4 is 5.32 Å². The highest BCUT2D eigenvalue weighted by molar-refractivity contribution is 5.94. The van der Waals surface area contributed by atoms with Crippen molar-refractivity contribution in [3.05, 3.63) is 65.7 Å². The first-order valence-corrected chi connectivity index (χ1v) is 9.99. The lowest BCUT2D eigenvalue weighted by molar-refractivity contribution is 0.0364. The Kier molecular flexibility index (Phi) is 6.17. The molecule has 2 aromatic carbocycles. The number of morpholine rings is 1. The lowest BCUT2D eigenvalue weighted by Crippen LogP contribution is -2.38. The van der Waals surface area contributed by atoms with Crippen LogP contribution in [0.1, 0.15) is 16.2 Å². The van der Waals surface area contributed by atoms with Crippen LogP contribution in [0.2, 0.25) is 0 Å². The van der Waals surface area contributed by atoms with Gasteiger partial charge in [0.25, 0.3) is 5.91 Å². The Bertz CT molecular complexity index is 982. The summed E-state index contributed by atoms with van der Waals surface area (Å²) in [6.45, 7) is 5.60. The van der Waals surface area contributed by atoms with E-state index < -0.39 is 11.7 Å². The van der Waals surface area contributed by atoms with E-state index in [4.69, 9.17) is 9.72 Å². The van der Waals surface area contributed by atoms with E-state index in [9.17, 15) is 9.18 Å². The summed E-state index contributed by atoms with van der Waals surface area (Å²) in [5.74, 6) is 0.00937. The largest absolute Gasteiger partial charge is 0.379 e. The van der Waals surface area contributed by atoms with Crippen molar-refractivity contribution >= 4 is 16.9 Å². The minimum atomic E-state index is -0.511. The molecule has 2 heterocycles. The van der Waals surface area contributed by atoms with Crippen molar-refractivity contribution in [2.45, 2.75) is 13.0 Å². The molecule has 1 amide bonds. The van der Waals surface area contributed by atoms with Gasteiger partial charge >= 0.3 is 0 Å². The fourth-order valence-corrected chi connectivity index (χ4v) is 3.66. The summed E-state index contributed by atoms with van der Waals surface area (Å²) < 4.78 is 21.4. The van der Waals surface area contributed by atoms with E-state index in [0.717, 1.165) is 56.3 Å². The maximum Gasteiger partial charge on any atom is 0.254 e. The molecule has 29 heavy (non-hydrogen) atoms. The summed E-state index contributed by atoms with van der Waals surface area (Å²) in [6.07, 6.45) is 0.581. The van der Waals surface area contributed by atoms with Crippen molar-refractivity contribution in [2.24, 2.45) is 0 Å². The molecule has 1 saturated heterocycles. The van der Waals surface area contributed by atoms with Crippen LogP contribution in [0.15, 0.2) is 48.5 Å². The number of para-hydroxylation sites is 2. The quantitative estimate of drug-likeness (QED) is 0.667. The van der Waals surface area contributed by atoms with Crippen molar-refractivity contribution < 1.29 is 13.9 Å². The third-order valence-corrected chi connectivity index (χ3v) is 5.23. The molecular weight excluding hydrogens is 371 g/mol. The van der Waals surface area contributed by atoms with E-state index in [1.807, 2.05) is 18.2 Å². The molecule has 0 bridgehead atoms. The number of hydrogen-bond acceptors (Lipinski definition) is 4. The number of aromatic nitrogens is 2. The Morgan fingerprint density at radius 3 is 2.66 bits per heavy atom. The highest BCUT2D eigenvalue weighted by Gasteiger charge is 2.15. The number of carbonyl (C=O) groups is 1. The second-order valence-corrected chi connectivity index (χ2v) is 7.11. The number of benzene rings is 2. The highest BCUT2D eigenvalue weighted by Crippen LogP contribution is 2.17. The molecule has 3 aromatic rings. The molecule has 1 aromatic heterocycles. The average molecular weight is 396 g/mol. The number of carbonyl (C=O) groups excluding carboxylic acids is 1. The van der Waals surface area contributed by atoms with Gasteiger partial charge in [-0.3, -0.25) is 9.69 Å². The minimum absolute atomic E-state index is 0.0633. The number of nitrogens with one attached hydrogen (secondary N) is 1. The van der Waals surface area contributed by atoms with E-state index in [0.29, 0.717) is 13.0 Å². The first-order chi connectivity index (χ1) is 14.2. The van der Waals surface area contributed by atoms with Crippen LogP contribution in [-0.4, -0.2) is 59.8 Å². The topological polar surface area (TPSA) is 59.4 Å². The van der Waals surface area contributed by atoms with Gasteiger partial charge in [0.2, 0.25) is 0 Å². The fourth-order valence-electron chi connectivity index (χ4n) is 3.66. The van der Waals surface area contributed by atoms with Crippen molar-refractivity contribution in [3.8, 4) is 0 Å². The molecule has 0 unspecified atom stereocenters. The highest BCUT2D eigenvalue weighted by atomic mass is 19.1. The average Bonchev–Trinajstić information content (AvgIpc) is 3.10. The summed E-state index contributed by atoms with van der Waals surface area (Å²) in [5, 5.41) is 2.81. The zero-order valence-electron chi connectivity index (χ0n) is 16.3. The van der Waals surface area contributed by atoms with Crippen molar-refractivity contribution in [2.75, 3.05) is 39.4 Å². The van der Waals surface area contributed by atoms with Crippen LogP contribution in [0.25, 0.3) is 11.0 Å². The van der Waals surface area contributed by atoms with Crippen molar-refractivity contribution in [1.29, 1.82) is 0 Å². The lowest BCUT2D eigenvalue weighted by atomic mass is 10.2. The SMILES string of the molecule is O=C(NCCc1nc2ccccc2n1CCN1CCOCC1)c1ccccc1F. The van der Waals surface area contributed by atoms with Gasteiger partial charge in [-0.2, -0.15) is 0 Å².